The second kappa shape index (κ2) is 7.39. The number of aryl methyl sites for hydroxylation is 2. The van der Waals surface area contributed by atoms with Crippen molar-refractivity contribution >= 4 is 11.8 Å². The van der Waals surface area contributed by atoms with Gasteiger partial charge in [0.05, 0.1) is 0 Å². The molecular weight excluding hydrogens is 298 g/mol. The maximum atomic E-state index is 12.0. The highest BCUT2D eigenvalue weighted by atomic mass is 16.2. The molecule has 0 unspecified atom stereocenters. The van der Waals surface area contributed by atoms with Crippen LogP contribution >= 0.6 is 0 Å². The summed E-state index contributed by atoms with van der Waals surface area (Å²) >= 11 is 0. The van der Waals surface area contributed by atoms with Gasteiger partial charge < -0.3 is 4.57 Å². The van der Waals surface area contributed by atoms with Crippen LogP contribution in [0.1, 0.15) is 40.7 Å². The highest BCUT2D eigenvalue weighted by molar-refractivity contribution is 5.97. The Labute approximate surface area is 133 Å². The molecule has 2 heterocycles. The third-order valence-electron chi connectivity index (χ3n) is 3.29. The Bertz CT molecular complexity index is 762. The molecule has 0 aliphatic carbocycles. The van der Waals surface area contributed by atoms with Gasteiger partial charge in [-0.15, -0.1) is 0 Å². The summed E-state index contributed by atoms with van der Waals surface area (Å²) in [7, 11) is 1.72. The molecule has 0 atom stereocenters. The van der Waals surface area contributed by atoms with E-state index in [0.29, 0.717) is 12.2 Å². The summed E-state index contributed by atoms with van der Waals surface area (Å²) < 4.78 is 2.88. The van der Waals surface area contributed by atoms with Crippen molar-refractivity contribution in [2.75, 3.05) is 0 Å². The summed E-state index contributed by atoms with van der Waals surface area (Å²) in [6, 6.07) is 5.97. The van der Waals surface area contributed by atoms with Crippen molar-refractivity contribution < 1.29 is 9.59 Å². The minimum atomic E-state index is -0.585. The molecule has 0 aliphatic rings. The zero-order valence-corrected chi connectivity index (χ0v) is 13.1. The molecule has 0 bridgehead atoms. The average molecular weight is 317 g/mol. The van der Waals surface area contributed by atoms with Gasteiger partial charge in [-0.25, -0.2) is 4.68 Å². The molecule has 122 valence electrons. The quantitative estimate of drug-likeness (QED) is 0.783. The second-order valence-corrected chi connectivity index (χ2v) is 5.05. The van der Waals surface area contributed by atoms with Crippen LogP contribution in [0.25, 0.3) is 0 Å². The van der Waals surface area contributed by atoms with Gasteiger partial charge in [-0.05, 0) is 24.6 Å². The van der Waals surface area contributed by atoms with Crippen molar-refractivity contribution in [2.45, 2.75) is 26.3 Å². The molecule has 0 saturated carbocycles. The van der Waals surface area contributed by atoms with Gasteiger partial charge in [0, 0.05) is 25.9 Å². The lowest BCUT2D eigenvalue weighted by molar-refractivity contribution is 0.0838. The molecule has 2 aromatic rings. The largest absolute Gasteiger partial charge is 0.347 e. The van der Waals surface area contributed by atoms with E-state index in [1.807, 2.05) is 6.92 Å². The van der Waals surface area contributed by atoms with E-state index in [1.165, 1.54) is 16.8 Å². The highest BCUT2D eigenvalue weighted by Crippen LogP contribution is 1.98. The van der Waals surface area contributed by atoms with E-state index in [4.69, 9.17) is 0 Å². The predicted octanol–water partition coefficient (Wildman–Crippen LogP) is 0.457. The molecular formula is C15H19N5O3. The van der Waals surface area contributed by atoms with E-state index in [-0.39, 0.29) is 11.3 Å². The Morgan fingerprint density at radius 1 is 1.17 bits per heavy atom. The molecule has 0 aliphatic heterocycles. The lowest BCUT2D eigenvalue weighted by atomic mass is 10.3. The van der Waals surface area contributed by atoms with E-state index in [9.17, 15) is 14.4 Å². The molecule has 2 aromatic heterocycles. The van der Waals surface area contributed by atoms with Crippen LogP contribution in [0, 0.1) is 0 Å². The molecule has 8 nitrogen and oxygen atoms in total. The van der Waals surface area contributed by atoms with Gasteiger partial charge in [0.2, 0.25) is 0 Å². The number of aromatic nitrogens is 3. The molecule has 2 N–H and O–H groups in total. The first-order valence-electron chi connectivity index (χ1n) is 7.33. The molecule has 0 spiro atoms. The number of carbonyl (C=O) groups excluding carboxylic acids is 2. The molecule has 2 amide bonds. The molecule has 2 rings (SSSR count). The third kappa shape index (κ3) is 4.06. The molecule has 23 heavy (non-hydrogen) atoms. The van der Waals surface area contributed by atoms with Gasteiger partial charge in [-0.3, -0.25) is 25.2 Å². The van der Waals surface area contributed by atoms with Crippen molar-refractivity contribution in [2.24, 2.45) is 7.05 Å². The molecule has 0 aromatic carbocycles. The number of hydrogen-bond acceptors (Lipinski definition) is 4. The van der Waals surface area contributed by atoms with Crippen LogP contribution in [0.5, 0.6) is 0 Å². The van der Waals surface area contributed by atoms with E-state index in [0.717, 1.165) is 12.8 Å². The van der Waals surface area contributed by atoms with Crippen LogP contribution in [0.15, 0.2) is 35.3 Å². The maximum Gasteiger partial charge on any atom is 0.290 e. The zero-order valence-electron chi connectivity index (χ0n) is 13.1. The van der Waals surface area contributed by atoms with Crippen molar-refractivity contribution in [1.29, 1.82) is 0 Å². The Kier molecular flexibility index (Phi) is 5.29. The lowest BCUT2D eigenvalue weighted by Gasteiger charge is -2.09. The summed E-state index contributed by atoms with van der Waals surface area (Å²) in [4.78, 5) is 35.6. The van der Waals surface area contributed by atoms with Crippen LogP contribution in [-0.4, -0.2) is 26.2 Å². The predicted molar refractivity (Wildman–Crippen MR) is 83.8 cm³/mol. The SMILES string of the molecule is CCCCn1nc(C(=O)NNC(=O)c2cccn2C)ccc1=O. The van der Waals surface area contributed by atoms with Crippen molar-refractivity contribution in [3.05, 3.63) is 52.2 Å². The Hall–Kier alpha value is -2.90. The Morgan fingerprint density at radius 3 is 2.57 bits per heavy atom. The van der Waals surface area contributed by atoms with Gasteiger partial charge in [0.1, 0.15) is 5.69 Å². The monoisotopic (exact) mass is 317 g/mol. The number of nitrogens with zero attached hydrogens (tertiary/aromatic N) is 3. The third-order valence-corrected chi connectivity index (χ3v) is 3.29. The number of hydrogen-bond donors (Lipinski definition) is 2. The van der Waals surface area contributed by atoms with Crippen molar-refractivity contribution in [3.63, 3.8) is 0 Å². The number of nitrogens with one attached hydrogen (secondary N) is 2. The van der Waals surface area contributed by atoms with Gasteiger partial charge in [0.25, 0.3) is 17.4 Å². The number of rotatable bonds is 5. The first-order chi connectivity index (χ1) is 11.0. The standard InChI is InChI=1S/C15H19N5O3/c1-3-4-10-20-13(21)8-7-11(18-20)14(22)16-17-15(23)12-6-5-9-19(12)2/h5-9H,3-4,10H2,1-2H3,(H,16,22)(H,17,23). The van der Waals surface area contributed by atoms with E-state index >= 15 is 0 Å². The summed E-state index contributed by atoms with van der Waals surface area (Å²) in [6.07, 6.45) is 3.43. The summed E-state index contributed by atoms with van der Waals surface area (Å²) in [5.74, 6) is -1.03. The van der Waals surface area contributed by atoms with E-state index < -0.39 is 11.8 Å². The van der Waals surface area contributed by atoms with Gasteiger partial charge >= 0.3 is 0 Å². The Balaban J connectivity index is 2.02. The number of carbonyl (C=O) groups is 2. The van der Waals surface area contributed by atoms with E-state index in [2.05, 4.69) is 16.0 Å². The van der Waals surface area contributed by atoms with Crippen LogP contribution in [0.3, 0.4) is 0 Å². The van der Waals surface area contributed by atoms with Crippen LogP contribution in [0.4, 0.5) is 0 Å². The van der Waals surface area contributed by atoms with Crippen molar-refractivity contribution in [1.82, 2.24) is 25.2 Å². The highest BCUT2D eigenvalue weighted by Gasteiger charge is 2.13. The summed E-state index contributed by atoms with van der Waals surface area (Å²) in [6.45, 7) is 2.45. The first kappa shape index (κ1) is 16.5. The number of hydrazine groups is 1. The lowest BCUT2D eigenvalue weighted by Crippen LogP contribution is -2.43. The fourth-order valence-electron chi connectivity index (χ4n) is 1.98. The topological polar surface area (TPSA) is 98.0 Å². The minimum absolute atomic E-state index is 0.0629. The number of amides is 2. The van der Waals surface area contributed by atoms with Crippen molar-refractivity contribution in [3.8, 4) is 0 Å². The van der Waals surface area contributed by atoms with Crippen LogP contribution in [0.2, 0.25) is 0 Å². The normalized spacial score (nSPS) is 10.3. The summed E-state index contributed by atoms with van der Waals surface area (Å²) in [5, 5.41) is 4.00. The number of unbranched alkanes of at least 4 members (excludes halogenated alkanes) is 1. The smallest absolute Gasteiger partial charge is 0.290 e. The fraction of sp³-hybridized carbons (Fsp3) is 0.333. The zero-order chi connectivity index (χ0) is 16.8. The summed E-state index contributed by atoms with van der Waals surface area (Å²) in [5.41, 5.74) is 4.81. The minimum Gasteiger partial charge on any atom is -0.347 e. The maximum absolute atomic E-state index is 12.0. The van der Waals surface area contributed by atoms with Gasteiger partial charge in [-0.1, -0.05) is 13.3 Å². The van der Waals surface area contributed by atoms with Gasteiger partial charge in [-0.2, -0.15) is 5.10 Å². The molecule has 0 fully saturated rings. The molecule has 8 heteroatoms. The van der Waals surface area contributed by atoms with Gasteiger partial charge in [0.15, 0.2) is 5.69 Å². The fourth-order valence-corrected chi connectivity index (χ4v) is 1.98. The van der Waals surface area contributed by atoms with Crippen LogP contribution in [-0.2, 0) is 13.6 Å². The molecule has 0 radical (unpaired) electrons. The second-order valence-electron chi connectivity index (χ2n) is 5.05. The first-order valence-corrected chi connectivity index (χ1v) is 7.33. The Morgan fingerprint density at radius 2 is 1.91 bits per heavy atom. The van der Waals surface area contributed by atoms with E-state index in [1.54, 1.807) is 29.9 Å². The van der Waals surface area contributed by atoms with Crippen LogP contribution < -0.4 is 16.4 Å². The average Bonchev–Trinajstić information content (AvgIpc) is 2.97. The molecule has 0 saturated heterocycles.